The molecule has 0 bridgehead atoms. The zero-order valence-electron chi connectivity index (χ0n) is 8.53. The summed E-state index contributed by atoms with van der Waals surface area (Å²) in [7, 11) is 0. The van der Waals surface area contributed by atoms with Crippen molar-refractivity contribution < 1.29 is 0 Å². The van der Waals surface area contributed by atoms with Gasteiger partial charge in [-0.15, -0.1) is 0 Å². The second-order valence-corrected chi connectivity index (χ2v) is 4.16. The molecule has 0 aliphatic heterocycles. The van der Waals surface area contributed by atoms with Gasteiger partial charge in [-0.1, -0.05) is 6.92 Å². The number of anilines is 2. The Bertz CT molecular complexity index is 307. The normalized spacial score (nSPS) is 17.8. The number of nitrogens with one attached hydrogen (secondary N) is 1. The van der Waals surface area contributed by atoms with E-state index < -0.39 is 0 Å². The number of pyridine rings is 1. The summed E-state index contributed by atoms with van der Waals surface area (Å²) in [5.74, 6) is 2.29. The van der Waals surface area contributed by atoms with Crippen LogP contribution in [-0.4, -0.2) is 11.5 Å². The van der Waals surface area contributed by atoms with Gasteiger partial charge >= 0.3 is 0 Å². The highest BCUT2D eigenvalue weighted by Gasteiger charge is 2.27. The van der Waals surface area contributed by atoms with Crippen molar-refractivity contribution in [2.45, 2.75) is 19.8 Å². The Morgan fingerprint density at radius 1 is 1.64 bits per heavy atom. The molecule has 3 N–H and O–H groups in total. The van der Waals surface area contributed by atoms with Crippen molar-refractivity contribution in [3.8, 4) is 0 Å². The van der Waals surface area contributed by atoms with E-state index in [1.165, 1.54) is 12.8 Å². The quantitative estimate of drug-likeness (QED) is 0.766. The Morgan fingerprint density at radius 3 is 3.07 bits per heavy atom. The Balaban J connectivity index is 1.84. The molecule has 76 valence electrons. The monoisotopic (exact) mass is 191 g/mol. The Morgan fingerprint density at radius 2 is 2.43 bits per heavy atom. The number of hydrogen-bond acceptors (Lipinski definition) is 3. The number of rotatable bonds is 4. The third-order valence-corrected chi connectivity index (χ3v) is 2.84. The molecule has 0 aromatic carbocycles. The van der Waals surface area contributed by atoms with E-state index in [-0.39, 0.29) is 0 Å². The number of nitrogens with two attached hydrogens (primary N) is 1. The molecule has 2 rings (SSSR count). The van der Waals surface area contributed by atoms with E-state index in [0.717, 1.165) is 24.1 Å². The van der Waals surface area contributed by atoms with Gasteiger partial charge in [-0.3, -0.25) is 0 Å². The molecule has 0 amide bonds. The molecule has 3 nitrogen and oxygen atoms in total. The van der Waals surface area contributed by atoms with Crippen molar-refractivity contribution in [2.24, 2.45) is 11.8 Å². The zero-order valence-corrected chi connectivity index (χ0v) is 8.53. The molecule has 1 heterocycles. The van der Waals surface area contributed by atoms with Crippen LogP contribution in [-0.2, 0) is 0 Å². The summed E-state index contributed by atoms with van der Waals surface area (Å²) < 4.78 is 0. The lowest BCUT2D eigenvalue weighted by atomic mass is 10.1. The third kappa shape index (κ3) is 2.37. The van der Waals surface area contributed by atoms with Crippen molar-refractivity contribution in [1.82, 2.24) is 4.98 Å². The van der Waals surface area contributed by atoms with E-state index in [9.17, 15) is 0 Å². The Hall–Kier alpha value is -1.25. The molecule has 3 heteroatoms. The van der Waals surface area contributed by atoms with Crippen molar-refractivity contribution in [3.63, 3.8) is 0 Å². The van der Waals surface area contributed by atoms with Gasteiger partial charge in [-0.05, 0) is 30.7 Å². The van der Waals surface area contributed by atoms with E-state index in [4.69, 9.17) is 5.73 Å². The lowest BCUT2D eigenvalue weighted by molar-refractivity contribution is 0.536. The molecular formula is C11H17N3. The second-order valence-electron chi connectivity index (χ2n) is 4.16. The molecule has 1 aromatic heterocycles. The predicted molar refractivity (Wildman–Crippen MR) is 59.0 cm³/mol. The van der Waals surface area contributed by atoms with Gasteiger partial charge in [0, 0.05) is 24.5 Å². The highest BCUT2D eigenvalue weighted by Crippen LogP contribution is 2.36. The minimum atomic E-state index is 0.578. The van der Waals surface area contributed by atoms with Crippen LogP contribution in [0.15, 0.2) is 18.3 Å². The lowest BCUT2D eigenvalue weighted by Gasteiger charge is -2.12. The van der Waals surface area contributed by atoms with Gasteiger partial charge in [-0.2, -0.15) is 0 Å². The van der Waals surface area contributed by atoms with Crippen LogP contribution in [0, 0.1) is 11.8 Å². The largest absolute Gasteiger partial charge is 0.385 e. The molecule has 0 spiro atoms. The predicted octanol–water partition coefficient (Wildman–Crippen LogP) is 2.12. The van der Waals surface area contributed by atoms with Crippen LogP contribution in [0.2, 0.25) is 0 Å². The smallest absolute Gasteiger partial charge is 0.125 e. The first-order valence-electron chi connectivity index (χ1n) is 5.21. The summed E-state index contributed by atoms with van der Waals surface area (Å²) in [5, 5.41) is 3.39. The fraction of sp³-hybridized carbons (Fsp3) is 0.545. The van der Waals surface area contributed by atoms with Gasteiger partial charge < -0.3 is 11.1 Å². The first-order valence-corrected chi connectivity index (χ1v) is 5.21. The maximum Gasteiger partial charge on any atom is 0.125 e. The van der Waals surface area contributed by atoms with Crippen LogP contribution < -0.4 is 11.1 Å². The van der Waals surface area contributed by atoms with Gasteiger partial charge in [0.25, 0.3) is 0 Å². The van der Waals surface area contributed by atoms with Crippen LogP contribution in [0.4, 0.5) is 11.5 Å². The Labute approximate surface area is 84.7 Å². The average Bonchev–Trinajstić information content (AvgIpc) is 2.97. The van der Waals surface area contributed by atoms with Crippen LogP contribution in [0.3, 0.4) is 0 Å². The number of aromatic nitrogens is 1. The third-order valence-electron chi connectivity index (χ3n) is 2.84. The maximum absolute atomic E-state index is 5.59. The van der Waals surface area contributed by atoms with E-state index in [2.05, 4.69) is 17.2 Å². The average molecular weight is 191 g/mol. The molecule has 0 saturated heterocycles. The minimum Gasteiger partial charge on any atom is -0.385 e. The SMILES string of the molecule is CC(CNc1ccnc(N)c1)C1CC1. The number of hydrogen-bond donors (Lipinski definition) is 2. The topological polar surface area (TPSA) is 50.9 Å². The van der Waals surface area contributed by atoms with Gasteiger partial charge in [0.1, 0.15) is 5.82 Å². The first-order chi connectivity index (χ1) is 6.75. The molecule has 1 unspecified atom stereocenters. The molecular weight excluding hydrogens is 174 g/mol. The van der Waals surface area contributed by atoms with Crippen LogP contribution in [0.25, 0.3) is 0 Å². The summed E-state index contributed by atoms with van der Waals surface area (Å²) in [5.41, 5.74) is 6.66. The molecule has 1 saturated carbocycles. The van der Waals surface area contributed by atoms with Gasteiger partial charge in [0.15, 0.2) is 0 Å². The summed E-state index contributed by atoms with van der Waals surface area (Å²) in [6, 6.07) is 3.83. The molecule has 1 fully saturated rings. The second kappa shape index (κ2) is 3.86. The van der Waals surface area contributed by atoms with Crippen molar-refractivity contribution in [3.05, 3.63) is 18.3 Å². The molecule has 1 atom stereocenters. The summed E-state index contributed by atoms with van der Waals surface area (Å²) >= 11 is 0. The first kappa shape index (κ1) is 9.31. The van der Waals surface area contributed by atoms with Crippen molar-refractivity contribution in [1.29, 1.82) is 0 Å². The van der Waals surface area contributed by atoms with Crippen molar-refractivity contribution in [2.75, 3.05) is 17.6 Å². The van der Waals surface area contributed by atoms with Crippen LogP contribution >= 0.6 is 0 Å². The lowest BCUT2D eigenvalue weighted by Crippen LogP contribution is -2.12. The summed E-state index contributed by atoms with van der Waals surface area (Å²) in [6.07, 6.45) is 4.54. The zero-order chi connectivity index (χ0) is 9.97. The molecule has 1 aliphatic carbocycles. The van der Waals surface area contributed by atoms with Gasteiger partial charge in [0.05, 0.1) is 0 Å². The highest BCUT2D eigenvalue weighted by atomic mass is 14.9. The van der Waals surface area contributed by atoms with Gasteiger partial charge in [-0.25, -0.2) is 4.98 Å². The van der Waals surface area contributed by atoms with E-state index in [1.807, 2.05) is 12.1 Å². The fourth-order valence-electron chi connectivity index (χ4n) is 1.67. The molecule has 0 radical (unpaired) electrons. The van der Waals surface area contributed by atoms with Crippen LogP contribution in [0.1, 0.15) is 19.8 Å². The van der Waals surface area contributed by atoms with E-state index in [1.54, 1.807) is 6.20 Å². The number of nitrogen functional groups attached to an aromatic ring is 1. The fourth-order valence-corrected chi connectivity index (χ4v) is 1.67. The van der Waals surface area contributed by atoms with Crippen LogP contribution in [0.5, 0.6) is 0 Å². The standard InChI is InChI=1S/C11H17N3/c1-8(9-2-3-9)7-14-10-4-5-13-11(12)6-10/h4-6,8-9H,2-3,7H2,1H3,(H3,12,13,14). The number of nitrogens with zero attached hydrogens (tertiary/aromatic N) is 1. The molecule has 1 aliphatic rings. The summed E-state index contributed by atoms with van der Waals surface area (Å²) in [4.78, 5) is 3.95. The summed E-state index contributed by atoms with van der Waals surface area (Å²) in [6.45, 7) is 3.34. The maximum atomic E-state index is 5.59. The van der Waals surface area contributed by atoms with Gasteiger partial charge in [0.2, 0.25) is 0 Å². The van der Waals surface area contributed by atoms with E-state index in [0.29, 0.717) is 5.82 Å². The van der Waals surface area contributed by atoms with Crippen molar-refractivity contribution >= 4 is 11.5 Å². The molecule has 14 heavy (non-hydrogen) atoms. The van der Waals surface area contributed by atoms with E-state index >= 15 is 0 Å². The minimum absolute atomic E-state index is 0.578. The molecule has 1 aromatic rings. The Kier molecular flexibility index (Phi) is 2.57. The highest BCUT2D eigenvalue weighted by molar-refractivity contribution is 5.49.